The molecule has 0 fully saturated rings. The maximum Gasteiger partial charge on any atom is 0.194 e. The number of aliphatic hydroxyl groups is 1. The van der Waals surface area contributed by atoms with Crippen molar-refractivity contribution in [3.8, 4) is 5.75 Å². The van der Waals surface area contributed by atoms with E-state index in [0.29, 0.717) is 11.3 Å². The highest BCUT2D eigenvalue weighted by atomic mass is 19.2. The maximum atomic E-state index is 13.3. The molecule has 1 unspecified atom stereocenters. The Morgan fingerprint density at radius 1 is 1.00 bits per heavy atom. The van der Waals surface area contributed by atoms with E-state index in [-0.39, 0.29) is 11.7 Å². The summed E-state index contributed by atoms with van der Waals surface area (Å²) in [6.07, 6.45) is -1.44. The number of para-hydroxylation sites is 1. The van der Waals surface area contributed by atoms with Crippen molar-refractivity contribution < 1.29 is 23.0 Å². The molecule has 0 saturated heterocycles. The van der Waals surface area contributed by atoms with Crippen LogP contribution in [0.4, 0.5) is 13.2 Å². The number of halogens is 3. The molecular formula is C16H15F3O2. The number of aliphatic hydroxyl groups excluding tert-OH is 1. The highest BCUT2D eigenvalue weighted by molar-refractivity contribution is 5.40. The smallest absolute Gasteiger partial charge is 0.194 e. The van der Waals surface area contributed by atoms with Crippen LogP contribution in [-0.2, 0) is 0 Å². The van der Waals surface area contributed by atoms with E-state index in [1.54, 1.807) is 24.3 Å². The monoisotopic (exact) mass is 296 g/mol. The Kier molecular flexibility index (Phi) is 4.53. The van der Waals surface area contributed by atoms with E-state index in [2.05, 4.69) is 0 Å². The van der Waals surface area contributed by atoms with Crippen LogP contribution in [0, 0.1) is 17.5 Å². The summed E-state index contributed by atoms with van der Waals surface area (Å²) < 4.78 is 45.1. The summed E-state index contributed by atoms with van der Waals surface area (Å²) in [7, 11) is 0. The van der Waals surface area contributed by atoms with Gasteiger partial charge in [0.2, 0.25) is 0 Å². The second kappa shape index (κ2) is 6.18. The van der Waals surface area contributed by atoms with Gasteiger partial charge in [-0.1, -0.05) is 18.2 Å². The molecule has 2 rings (SSSR count). The third kappa shape index (κ3) is 3.36. The predicted molar refractivity (Wildman–Crippen MR) is 72.6 cm³/mol. The van der Waals surface area contributed by atoms with E-state index in [9.17, 15) is 18.3 Å². The second-order valence-corrected chi connectivity index (χ2v) is 4.91. The molecule has 0 spiro atoms. The first-order valence-corrected chi connectivity index (χ1v) is 6.48. The summed E-state index contributed by atoms with van der Waals surface area (Å²) in [6.45, 7) is 3.64. The zero-order valence-electron chi connectivity index (χ0n) is 11.6. The van der Waals surface area contributed by atoms with Gasteiger partial charge in [-0.2, -0.15) is 0 Å². The van der Waals surface area contributed by atoms with E-state index in [1.807, 2.05) is 13.8 Å². The van der Waals surface area contributed by atoms with Crippen molar-refractivity contribution >= 4 is 0 Å². The number of ether oxygens (including phenoxy) is 1. The van der Waals surface area contributed by atoms with Gasteiger partial charge in [0.15, 0.2) is 17.5 Å². The Hall–Kier alpha value is -2.01. The largest absolute Gasteiger partial charge is 0.491 e. The van der Waals surface area contributed by atoms with Crippen LogP contribution in [-0.4, -0.2) is 11.2 Å². The molecule has 1 N–H and O–H groups in total. The van der Waals surface area contributed by atoms with Crippen LogP contribution in [0.15, 0.2) is 36.4 Å². The summed E-state index contributed by atoms with van der Waals surface area (Å²) in [5.74, 6) is -3.83. The van der Waals surface area contributed by atoms with Crippen LogP contribution < -0.4 is 4.74 Å². The van der Waals surface area contributed by atoms with Crippen molar-refractivity contribution in [2.75, 3.05) is 0 Å². The van der Waals surface area contributed by atoms with Gasteiger partial charge in [-0.25, -0.2) is 13.2 Å². The van der Waals surface area contributed by atoms with Crippen LogP contribution in [0.2, 0.25) is 0 Å². The molecule has 1 atom stereocenters. The number of rotatable bonds is 4. The van der Waals surface area contributed by atoms with Crippen LogP contribution in [0.5, 0.6) is 5.75 Å². The van der Waals surface area contributed by atoms with Crippen molar-refractivity contribution in [3.05, 3.63) is 65.0 Å². The van der Waals surface area contributed by atoms with E-state index in [4.69, 9.17) is 4.74 Å². The molecule has 0 aliphatic heterocycles. The molecule has 0 aliphatic rings. The molecule has 2 nitrogen and oxygen atoms in total. The first kappa shape index (κ1) is 15.4. The molecular weight excluding hydrogens is 281 g/mol. The third-order valence-corrected chi connectivity index (χ3v) is 2.90. The lowest BCUT2D eigenvalue weighted by Gasteiger charge is -2.18. The molecule has 0 heterocycles. The Labute approximate surface area is 120 Å². The number of hydrogen-bond acceptors (Lipinski definition) is 2. The van der Waals surface area contributed by atoms with Crippen LogP contribution in [0.3, 0.4) is 0 Å². The topological polar surface area (TPSA) is 29.5 Å². The van der Waals surface area contributed by atoms with Gasteiger partial charge in [-0.3, -0.25) is 0 Å². The minimum absolute atomic E-state index is 0.0776. The number of hydrogen-bond donors (Lipinski definition) is 1. The van der Waals surface area contributed by atoms with Crippen LogP contribution >= 0.6 is 0 Å². The minimum atomic E-state index is -1.56. The Morgan fingerprint density at radius 3 is 2.14 bits per heavy atom. The zero-order valence-corrected chi connectivity index (χ0v) is 11.6. The van der Waals surface area contributed by atoms with Gasteiger partial charge in [0.05, 0.1) is 6.10 Å². The molecule has 21 heavy (non-hydrogen) atoms. The maximum absolute atomic E-state index is 13.3. The Morgan fingerprint density at radius 2 is 1.57 bits per heavy atom. The van der Waals surface area contributed by atoms with Crippen LogP contribution in [0.25, 0.3) is 0 Å². The average Bonchev–Trinajstić information content (AvgIpc) is 2.43. The standard InChI is InChI=1S/C16H15F3O2/c1-9(2)21-14-6-4-3-5-11(14)16(20)10-7-12(17)15(19)13(18)8-10/h3-9,16,20H,1-2H3. The van der Waals surface area contributed by atoms with Gasteiger partial charge in [-0.15, -0.1) is 0 Å². The van der Waals surface area contributed by atoms with Crippen molar-refractivity contribution in [2.24, 2.45) is 0 Å². The van der Waals surface area contributed by atoms with E-state index < -0.39 is 23.6 Å². The Bertz CT molecular complexity index is 618. The molecule has 0 bridgehead atoms. The summed E-state index contributed by atoms with van der Waals surface area (Å²) >= 11 is 0. The fourth-order valence-corrected chi connectivity index (χ4v) is 1.98. The van der Waals surface area contributed by atoms with Crippen LogP contribution in [0.1, 0.15) is 31.1 Å². The lowest BCUT2D eigenvalue weighted by Crippen LogP contribution is -2.10. The summed E-state index contributed by atoms with van der Waals surface area (Å²) in [5, 5.41) is 10.3. The van der Waals surface area contributed by atoms with Gasteiger partial charge in [-0.05, 0) is 37.6 Å². The summed E-state index contributed by atoms with van der Waals surface area (Å²) in [5.41, 5.74) is 0.280. The SMILES string of the molecule is CC(C)Oc1ccccc1C(O)c1cc(F)c(F)c(F)c1. The average molecular weight is 296 g/mol. The van der Waals surface area contributed by atoms with E-state index >= 15 is 0 Å². The molecule has 0 amide bonds. The first-order chi connectivity index (χ1) is 9.90. The zero-order chi connectivity index (χ0) is 15.6. The van der Waals surface area contributed by atoms with Gasteiger partial charge in [0.25, 0.3) is 0 Å². The number of benzene rings is 2. The molecule has 0 aliphatic carbocycles. The van der Waals surface area contributed by atoms with Crippen molar-refractivity contribution in [3.63, 3.8) is 0 Å². The lowest BCUT2D eigenvalue weighted by molar-refractivity contribution is 0.197. The van der Waals surface area contributed by atoms with Crippen molar-refractivity contribution in [2.45, 2.75) is 26.1 Å². The first-order valence-electron chi connectivity index (χ1n) is 6.48. The normalized spacial score (nSPS) is 12.5. The molecule has 112 valence electrons. The second-order valence-electron chi connectivity index (χ2n) is 4.91. The van der Waals surface area contributed by atoms with Gasteiger partial charge in [0.1, 0.15) is 11.9 Å². The quantitative estimate of drug-likeness (QED) is 0.865. The van der Waals surface area contributed by atoms with Gasteiger partial charge in [0, 0.05) is 5.56 Å². The highest BCUT2D eigenvalue weighted by Crippen LogP contribution is 2.31. The van der Waals surface area contributed by atoms with Gasteiger partial charge < -0.3 is 9.84 Å². The van der Waals surface area contributed by atoms with E-state index in [0.717, 1.165) is 12.1 Å². The summed E-state index contributed by atoms with van der Waals surface area (Å²) in [4.78, 5) is 0. The highest BCUT2D eigenvalue weighted by Gasteiger charge is 2.20. The fraction of sp³-hybridized carbons (Fsp3) is 0.250. The molecule has 0 saturated carbocycles. The molecule has 0 radical (unpaired) electrons. The van der Waals surface area contributed by atoms with Crippen molar-refractivity contribution in [1.29, 1.82) is 0 Å². The molecule has 0 aromatic heterocycles. The van der Waals surface area contributed by atoms with Crippen molar-refractivity contribution in [1.82, 2.24) is 0 Å². The lowest BCUT2D eigenvalue weighted by atomic mass is 10.00. The van der Waals surface area contributed by atoms with E-state index in [1.165, 1.54) is 0 Å². The third-order valence-electron chi connectivity index (χ3n) is 2.90. The fourth-order valence-electron chi connectivity index (χ4n) is 1.98. The predicted octanol–water partition coefficient (Wildman–Crippen LogP) is 3.97. The van der Waals surface area contributed by atoms with Gasteiger partial charge >= 0.3 is 0 Å². The molecule has 2 aromatic rings. The molecule has 2 aromatic carbocycles. The molecule has 5 heteroatoms. The minimum Gasteiger partial charge on any atom is -0.491 e. The summed E-state index contributed by atoms with van der Waals surface area (Å²) in [6, 6.07) is 8.17. The Balaban J connectivity index is 2.43.